The lowest BCUT2D eigenvalue weighted by Gasteiger charge is -2.40. The molecule has 0 saturated carbocycles. The Bertz CT molecular complexity index is 1010. The van der Waals surface area contributed by atoms with Gasteiger partial charge in [0.15, 0.2) is 11.6 Å². The Morgan fingerprint density at radius 3 is 2.19 bits per heavy atom. The minimum absolute atomic E-state index is 0.0713. The number of hydrogen-bond acceptors (Lipinski definition) is 8. The quantitative estimate of drug-likeness (QED) is 0.627. The number of anilines is 2. The van der Waals surface area contributed by atoms with Gasteiger partial charge in [0.1, 0.15) is 0 Å². The van der Waals surface area contributed by atoms with Crippen molar-refractivity contribution < 1.29 is 5.11 Å². The molecule has 2 saturated heterocycles. The maximum Gasteiger partial charge on any atom is 0.172 e. The Kier molecular flexibility index (Phi) is 6.00. The van der Waals surface area contributed by atoms with E-state index in [4.69, 9.17) is 4.98 Å². The van der Waals surface area contributed by atoms with Crippen molar-refractivity contribution in [3.05, 3.63) is 59.9 Å². The highest BCUT2D eigenvalue weighted by Gasteiger charge is 2.31. The maximum absolute atomic E-state index is 9.87. The van der Waals surface area contributed by atoms with Gasteiger partial charge < -0.3 is 14.9 Å². The molecule has 1 unspecified atom stereocenters. The molecule has 2 aliphatic rings. The molecule has 32 heavy (non-hydrogen) atoms. The average Bonchev–Trinajstić information content (AvgIpc) is 3.26. The third-order valence-electron chi connectivity index (χ3n) is 6.53. The molecule has 3 aromatic rings. The molecule has 0 amide bonds. The summed E-state index contributed by atoms with van der Waals surface area (Å²) in [6.07, 6.45) is 8.67. The Balaban J connectivity index is 1.34. The summed E-state index contributed by atoms with van der Waals surface area (Å²) < 4.78 is 0. The maximum atomic E-state index is 9.87. The van der Waals surface area contributed by atoms with Gasteiger partial charge in [0, 0.05) is 69.1 Å². The first-order valence-corrected chi connectivity index (χ1v) is 11.3. The standard InChI is InChI=1S/C23H30N8O/c1-17-19(16-27-28-17)21(20-4-2-3-7-24-20)29-12-14-31(15-13-29)23-22(25-8-9-26-23)30-10-5-18(32)6-11-30/h2-4,7-9,16,18,21,32H,5-6,10-15H2,1H3,(H,27,28). The van der Waals surface area contributed by atoms with Gasteiger partial charge in [0.2, 0.25) is 0 Å². The van der Waals surface area contributed by atoms with Crippen molar-refractivity contribution in [3.8, 4) is 0 Å². The molecule has 5 heterocycles. The molecule has 0 aliphatic carbocycles. The first kappa shape index (κ1) is 20.8. The van der Waals surface area contributed by atoms with Crippen LogP contribution in [0.3, 0.4) is 0 Å². The van der Waals surface area contributed by atoms with Gasteiger partial charge in [-0.15, -0.1) is 0 Å². The monoisotopic (exact) mass is 434 g/mol. The van der Waals surface area contributed by atoms with E-state index in [1.165, 1.54) is 5.56 Å². The van der Waals surface area contributed by atoms with Crippen molar-refractivity contribution in [2.45, 2.75) is 31.9 Å². The van der Waals surface area contributed by atoms with Gasteiger partial charge >= 0.3 is 0 Å². The lowest BCUT2D eigenvalue weighted by Crippen LogP contribution is -2.49. The van der Waals surface area contributed by atoms with Gasteiger partial charge in [-0.2, -0.15) is 5.10 Å². The summed E-state index contributed by atoms with van der Waals surface area (Å²) in [6.45, 7) is 7.20. The third-order valence-corrected chi connectivity index (χ3v) is 6.53. The first-order valence-electron chi connectivity index (χ1n) is 11.3. The van der Waals surface area contributed by atoms with Crippen LogP contribution < -0.4 is 9.80 Å². The number of nitrogens with zero attached hydrogens (tertiary/aromatic N) is 7. The van der Waals surface area contributed by atoms with E-state index in [0.29, 0.717) is 0 Å². The van der Waals surface area contributed by atoms with Crippen LogP contribution in [0.15, 0.2) is 43.0 Å². The minimum Gasteiger partial charge on any atom is -0.393 e. The van der Waals surface area contributed by atoms with Crippen LogP contribution >= 0.6 is 0 Å². The summed E-state index contributed by atoms with van der Waals surface area (Å²) in [6, 6.07) is 6.16. The fourth-order valence-corrected chi connectivity index (χ4v) is 4.76. The second kappa shape index (κ2) is 9.22. The summed E-state index contributed by atoms with van der Waals surface area (Å²) in [5.41, 5.74) is 3.29. The van der Waals surface area contributed by atoms with Crippen molar-refractivity contribution in [2.24, 2.45) is 0 Å². The largest absolute Gasteiger partial charge is 0.393 e. The zero-order chi connectivity index (χ0) is 21.9. The van der Waals surface area contributed by atoms with Crippen LogP contribution in [0.4, 0.5) is 11.6 Å². The van der Waals surface area contributed by atoms with Crippen LogP contribution in [0, 0.1) is 6.92 Å². The highest BCUT2D eigenvalue weighted by Crippen LogP contribution is 2.32. The van der Waals surface area contributed by atoms with Crippen molar-refractivity contribution in [1.82, 2.24) is 30.0 Å². The molecule has 0 aromatic carbocycles. The normalized spacial score (nSPS) is 19.3. The van der Waals surface area contributed by atoms with Crippen LogP contribution in [0.1, 0.15) is 35.8 Å². The number of aliphatic hydroxyl groups excluding tert-OH is 1. The van der Waals surface area contributed by atoms with E-state index in [0.717, 1.165) is 75.1 Å². The number of pyridine rings is 1. The van der Waals surface area contributed by atoms with Crippen molar-refractivity contribution in [1.29, 1.82) is 0 Å². The summed E-state index contributed by atoms with van der Waals surface area (Å²) in [4.78, 5) is 21.1. The molecular weight excluding hydrogens is 404 g/mol. The Morgan fingerprint density at radius 2 is 1.59 bits per heavy atom. The molecule has 2 fully saturated rings. The number of aromatic amines is 1. The lowest BCUT2D eigenvalue weighted by molar-refractivity contribution is 0.145. The molecule has 5 rings (SSSR count). The summed E-state index contributed by atoms with van der Waals surface area (Å²) in [7, 11) is 0. The van der Waals surface area contributed by atoms with E-state index in [1.807, 2.05) is 24.5 Å². The molecule has 168 valence electrons. The molecule has 2 N–H and O–H groups in total. The SMILES string of the molecule is Cc1[nH]ncc1C(c1ccccn1)N1CCN(c2nccnc2N2CCC(O)CC2)CC1. The average molecular weight is 435 g/mol. The van der Waals surface area contributed by atoms with E-state index in [-0.39, 0.29) is 12.1 Å². The van der Waals surface area contributed by atoms with Crippen molar-refractivity contribution in [3.63, 3.8) is 0 Å². The lowest BCUT2D eigenvalue weighted by atomic mass is 10.0. The zero-order valence-corrected chi connectivity index (χ0v) is 18.4. The fourth-order valence-electron chi connectivity index (χ4n) is 4.76. The van der Waals surface area contributed by atoms with Crippen LogP contribution in [0.25, 0.3) is 0 Å². The smallest absolute Gasteiger partial charge is 0.172 e. The zero-order valence-electron chi connectivity index (χ0n) is 18.4. The number of aryl methyl sites for hydroxylation is 1. The summed E-state index contributed by atoms with van der Waals surface area (Å²) in [5, 5.41) is 17.2. The molecule has 0 radical (unpaired) electrons. The molecule has 1 atom stereocenters. The van der Waals surface area contributed by atoms with E-state index in [9.17, 15) is 5.11 Å². The Labute approximate surface area is 188 Å². The highest BCUT2D eigenvalue weighted by molar-refractivity contribution is 5.62. The van der Waals surface area contributed by atoms with E-state index in [1.54, 1.807) is 12.4 Å². The van der Waals surface area contributed by atoms with Crippen LogP contribution in [-0.4, -0.2) is 80.5 Å². The number of nitrogens with one attached hydrogen (secondary N) is 1. The number of aliphatic hydroxyl groups is 1. The number of H-pyrrole nitrogens is 1. The molecule has 3 aromatic heterocycles. The number of piperidine rings is 1. The number of piperazine rings is 1. The van der Waals surface area contributed by atoms with E-state index >= 15 is 0 Å². The van der Waals surface area contributed by atoms with Gasteiger partial charge in [0.05, 0.1) is 24.0 Å². The van der Waals surface area contributed by atoms with Gasteiger partial charge in [-0.05, 0) is 31.9 Å². The fraction of sp³-hybridized carbons (Fsp3) is 0.478. The van der Waals surface area contributed by atoms with Gasteiger partial charge in [-0.25, -0.2) is 9.97 Å². The summed E-state index contributed by atoms with van der Waals surface area (Å²) >= 11 is 0. The number of aromatic nitrogens is 5. The van der Waals surface area contributed by atoms with Gasteiger partial charge in [-0.1, -0.05) is 6.07 Å². The highest BCUT2D eigenvalue weighted by atomic mass is 16.3. The van der Waals surface area contributed by atoms with Crippen molar-refractivity contribution >= 4 is 11.6 Å². The molecule has 0 bridgehead atoms. The first-order chi connectivity index (χ1) is 15.7. The second-order valence-corrected chi connectivity index (χ2v) is 8.55. The third kappa shape index (κ3) is 4.18. The predicted molar refractivity (Wildman–Crippen MR) is 123 cm³/mol. The van der Waals surface area contributed by atoms with Gasteiger partial charge in [0.25, 0.3) is 0 Å². The molecule has 9 nitrogen and oxygen atoms in total. The predicted octanol–water partition coefficient (Wildman–Crippen LogP) is 1.78. The van der Waals surface area contributed by atoms with Crippen molar-refractivity contribution in [2.75, 3.05) is 49.1 Å². The molecular formula is C23H30N8O. The Hall–Kier alpha value is -3.04. The van der Waals surface area contributed by atoms with Crippen LogP contribution in [0.2, 0.25) is 0 Å². The van der Waals surface area contributed by atoms with E-state index < -0.39 is 0 Å². The minimum atomic E-state index is -0.204. The second-order valence-electron chi connectivity index (χ2n) is 8.55. The number of rotatable bonds is 5. The van der Waals surface area contributed by atoms with Gasteiger partial charge in [-0.3, -0.25) is 15.0 Å². The molecule has 9 heteroatoms. The van der Waals surface area contributed by atoms with Crippen LogP contribution in [-0.2, 0) is 0 Å². The topological polar surface area (TPSA) is 97.3 Å². The van der Waals surface area contributed by atoms with E-state index in [2.05, 4.69) is 47.9 Å². The Morgan fingerprint density at radius 1 is 0.906 bits per heavy atom. The molecule has 0 spiro atoms. The van der Waals surface area contributed by atoms with Crippen LogP contribution in [0.5, 0.6) is 0 Å². The number of hydrogen-bond donors (Lipinski definition) is 2. The molecule has 2 aliphatic heterocycles. The summed E-state index contributed by atoms with van der Waals surface area (Å²) in [5.74, 6) is 1.87.